The molecule has 1 saturated heterocycles. The van der Waals surface area contributed by atoms with Gasteiger partial charge in [-0.3, -0.25) is 9.59 Å². The number of rotatable bonds is 7. The molecule has 1 atom stereocenters. The predicted octanol–water partition coefficient (Wildman–Crippen LogP) is 3.89. The highest BCUT2D eigenvalue weighted by Gasteiger charge is 2.28. The van der Waals surface area contributed by atoms with E-state index in [2.05, 4.69) is 15.5 Å². The van der Waals surface area contributed by atoms with E-state index in [1.165, 1.54) is 11.3 Å². The van der Waals surface area contributed by atoms with Gasteiger partial charge in [0.25, 0.3) is 11.8 Å². The molecule has 0 spiro atoms. The van der Waals surface area contributed by atoms with Crippen LogP contribution in [0.2, 0.25) is 0 Å². The fraction of sp³-hybridized carbons (Fsp3) is 0.333. The second-order valence-corrected chi connectivity index (χ2v) is 8.92. The van der Waals surface area contributed by atoms with Crippen LogP contribution in [0.4, 0.5) is 5.69 Å². The first-order valence-electron chi connectivity index (χ1n) is 10.8. The van der Waals surface area contributed by atoms with Crippen LogP contribution in [0.15, 0.2) is 48.5 Å². The van der Waals surface area contributed by atoms with E-state index in [-0.39, 0.29) is 24.3 Å². The molecule has 9 heteroatoms. The van der Waals surface area contributed by atoms with Crippen molar-refractivity contribution in [3.8, 4) is 11.5 Å². The first-order valence-corrected chi connectivity index (χ1v) is 11.6. The van der Waals surface area contributed by atoms with Gasteiger partial charge in [0.1, 0.15) is 16.5 Å². The molecule has 1 aromatic heterocycles. The molecule has 0 saturated carbocycles. The molecule has 33 heavy (non-hydrogen) atoms. The third kappa shape index (κ3) is 5.87. The van der Waals surface area contributed by atoms with E-state index in [0.717, 1.165) is 29.2 Å². The standard InChI is InChI=1S/C24H26N4O4S/c1-16-5-7-18(8-6-16)25-22(30)24-27-26-23(33-24)17-4-3-13-28(14-17)21(29)15-32-20-11-9-19(31-2)10-12-20/h5-12,17H,3-4,13-15H2,1-2H3,(H,25,30)/t17-/m0/s1. The molecular formula is C24H26N4O4S. The monoisotopic (exact) mass is 466 g/mol. The van der Waals surface area contributed by atoms with Crippen molar-refractivity contribution in [2.45, 2.75) is 25.7 Å². The maximum absolute atomic E-state index is 12.7. The quantitative estimate of drug-likeness (QED) is 0.568. The normalized spacial score (nSPS) is 15.7. The van der Waals surface area contributed by atoms with E-state index in [1.807, 2.05) is 31.2 Å². The molecule has 1 aliphatic rings. The van der Waals surface area contributed by atoms with Gasteiger partial charge in [-0.15, -0.1) is 10.2 Å². The summed E-state index contributed by atoms with van der Waals surface area (Å²) in [4.78, 5) is 27.0. The second kappa shape index (κ2) is 10.4. The van der Waals surface area contributed by atoms with Crippen LogP contribution >= 0.6 is 11.3 Å². The average Bonchev–Trinajstić information content (AvgIpc) is 3.35. The van der Waals surface area contributed by atoms with Crippen molar-refractivity contribution in [3.05, 3.63) is 64.1 Å². The summed E-state index contributed by atoms with van der Waals surface area (Å²) in [6, 6.07) is 14.7. The van der Waals surface area contributed by atoms with Crippen molar-refractivity contribution >= 4 is 28.8 Å². The van der Waals surface area contributed by atoms with Crippen LogP contribution in [-0.2, 0) is 4.79 Å². The van der Waals surface area contributed by atoms with Gasteiger partial charge in [0, 0.05) is 24.7 Å². The number of aryl methyl sites for hydroxylation is 1. The lowest BCUT2D eigenvalue weighted by molar-refractivity contribution is -0.134. The number of carbonyl (C=O) groups is 2. The van der Waals surface area contributed by atoms with Crippen molar-refractivity contribution in [2.24, 2.45) is 0 Å². The second-order valence-electron chi connectivity index (χ2n) is 7.91. The molecule has 8 nitrogen and oxygen atoms in total. The molecule has 2 aromatic carbocycles. The third-order valence-corrected chi connectivity index (χ3v) is 6.57. The molecule has 0 aliphatic carbocycles. The van der Waals surface area contributed by atoms with Gasteiger partial charge in [-0.1, -0.05) is 29.0 Å². The van der Waals surface area contributed by atoms with Gasteiger partial charge >= 0.3 is 0 Å². The zero-order chi connectivity index (χ0) is 23.2. The number of methoxy groups -OCH3 is 1. The maximum Gasteiger partial charge on any atom is 0.286 e. The molecule has 2 amide bonds. The Labute approximate surface area is 196 Å². The fourth-order valence-corrected chi connectivity index (χ4v) is 4.49. The third-order valence-electron chi connectivity index (χ3n) is 5.49. The number of carbonyl (C=O) groups excluding carboxylic acids is 2. The summed E-state index contributed by atoms with van der Waals surface area (Å²) in [5, 5.41) is 12.3. The Kier molecular flexibility index (Phi) is 7.19. The number of hydrogen-bond donors (Lipinski definition) is 1. The predicted molar refractivity (Wildman–Crippen MR) is 126 cm³/mol. The van der Waals surface area contributed by atoms with Crippen LogP contribution < -0.4 is 14.8 Å². The van der Waals surface area contributed by atoms with Crippen molar-refractivity contribution < 1.29 is 19.1 Å². The van der Waals surface area contributed by atoms with Gasteiger partial charge in [0.2, 0.25) is 5.01 Å². The zero-order valence-corrected chi connectivity index (χ0v) is 19.4. The highest BCUT2D eigenvalue weighted by Crippen LogP contribution is 2.29. The molecule has 3 aromatic rings. The Hall–Kier alpha value is -3.46. The van der Waals surface area contributed by atoms with Crippen molar-refractivity contribution in [1.82, 2.24) is 15.1 Å². The van der Waals surface area contributed by atoms with Crippen LogP contribution in [0.5, 0.6) is 11.5 Å². The summed E-state index contributed by atoms with van der Waals surface area (Å²) >= 11 is 1.28. The number of likely N-dealkylation sites (tertiary alicyclic amines) is 1. The number of nitrogens with zero attached hydrogens (tertiary/aromatic N) is 3. The van der Waals surface area contributed by atoms with Crippen molar-refractivity contribution in [2.75, 3.05) is 32.1 Å². The summed E-state index contributed by atoms with van der Waals surface area (Å²) < 4.78 is 10.8. The lowest BCUT2D eigenvalue weighted by atomic mass is 9.99. The average molecular weight is 467 g/mol. The van der Waals surface area contributed by atoms with Crippen LogP contribution in [0.1, 0.15) is 39.1 Å². The molecule has 4 rings (SSSR count). The molecule has 172 valence electrons. The SMILES string of the molecule is COc1ccc(OCC(=O)N2CCC[C@H](c3nnc(C(=O)Nc4ccc(C)cc4)s3)C2)cc1. The van der Waals surface area contributed by atoms with E-state index >= 15 is 0 Å². The number of nitrogens with one attached hydrogen (secondary N) is 1. The first kappa shape index (κ1) is 22.7. The highest BCUT2D eigenvalue weighted by atomic mass is 32.1. The first-order chi connectivity index (χ1) is 16.0. The lowest BCUT2D eigenvalue weighted by Gasteiger charge is -2.31. The van der Waals surface area contributed by atoms with Gasteiger partial charge in [-0.05, 0) is 56.2 Å². The van der Waals surface area contributed by atoms with Gasteiger partial charge in [0.15, 0.2) is 6.61 Å². The number of amides is 2. The Balaban J connectivity index is 1.32. The van der Waals surface area contributed by atoms with Gasteiger partial charge in [-0.2, -0.15) is 0 Å². The van der Waals surface area contributed by atoms with E-state index in [9.17, 15) is 9.59 Å². The Morgan fingerprint density at radius 3 is 2.55 bits per heavy atom. The minimum Gasteiger partial charge on any atom is -0.497 e. The van der Waals surface area contributed by atoms with E-state index < -0.39 is 0 Å². The summed E-state index contributed by atoms with van der Waals surface area (Å²) in [6.07, 6.45) is 1.76. The lowest BCUT2D eigenvalue weighted by Crippen LogP contribution is -2.41. The van der Waals surface area contributed by atoms with E-state index in [1.54, 1.807) is 36.3 Å². The number of ether oxygens (including phenoxy) is 2. The number of anilines is 1. The van der Waals surface area contributed by atoms with Crippen molar-refractivity contribution in [1.29, 1.82) is 0 Å². The van der Waals surface area contributed by atoms with Crippen LogP contribution in [-0.4, -0.2) is 53.7 Å². The van der Waals surface area contributed by atoms with E-state index in [0.29, 0.717) is 29.5 Å². The highest BCUT2D eigenvalue weighted by molar-refractivity contribution is 7.13. The number of hydrogen-bond acceptors (Lipinski definition) is 7. The van der Waals surface area contributed by atoms with Gasteiger partial charge < -0.3 is 19.7 Å². The molecule has 0 radical (unpaired) electrons. The smallest absolute Gasteiger partial charge is 0.286 e. The summed E-state index contributed by atoms with van der Waals surface area (Å²) in [5.74, 6) is 1.06. The van der Waals surface area contributed by atoms with Gasteiger partial charge in [-0.25, -0.2) is 0 Å². The topological polar surface area (TPSA) is 93.7 Å². The molecule has 0 bridgehead atoms. The molecule has 0 unspecified atom stereocenters. The number of benzene rings is 2. The van der Waals surface area contributed by atoms with Crippen LogP contribution in [0, 0.1) is 6.92 Å². The fourth-order valence-electron chi connectivity index (χ4n) is 3.63. The maximum atomic E-state index is 12.7. The largest absolute Gasteiger partial charge is 0.497 e. The minimum absolute atomic E-state index is 0.0284. The van der Waals surface area contributed by atoms with Crippen LogP contribution in [0.3, 0.4) is 0 Å². The van der Waals surface area contributed by atoms with Crippen molar-refractivity contribution in [3.63, 3.8) is 0 Å². The molecule has 2 heterocycles. The number of aromatic nitrogens is 2. The molecule has 1 N–H and O–H groups in total. The minimum atomic E-state index is -0.278. The number of piperidine rings is 1. The molecule has 1 aliphatic heterocycles. The Bertz CT molecular complexity index is 1100. The zero-order valence-electron chi connectivity index (χ0n) is 18.6. The summed E-state index contributed by atoms with van der Waals surface area (Å²) in [6.45, 7) is 3.19. The van der Waals surface area contributed by atoms with E-state index in [4.69, 9.17) is 9.47 Å². The molecular weight excluding hydrogens is 440 g/mol. The summed E-state index contributed by atoms with van der Waals surface area (Å²) in [5.41, 5.74) is 1.84. The molecule has 1 fully saturated rings. The summed E-state index contributed by atoms with van der Waals surface area (Å²) in [7, 11) is 1.60. The van der Waals surface area contributed by atoms with Gasteiger partial charge in [0.05, 0.1) is 7.11 Å². The Morgan fingerprint density at radius 1 is 1.09 bits per heavy atom. The Morgan fingerprint density at radius 2 is 1.82 bits per heavy atom. The van der Waals surface area contributed by atoms with Crippen LogP contribution in [0.25, 0.3) is 0 Å².